The lowest BCUT2D eigenvalue weighted by Gasteiger charge is -2.13. The summed E-state index contributed by atoms with van der Waals surface area (Å²) < 4.78 is 2.34. The molecule has 0 saturated carbocycles. The van der Waals surface area contributed by atoms with Crippen molar-refractivity contribution in [1.29, 1.82) is 0 Å². The van der Waals surface area contributed by atoms with Crippen molar-refractivity contribution in [3.63, 3.8) is 0 Å². The van der Waals surface area contributed by atoms with E-state index in [1.54, 1.807) is 0 Å². The van der Waals surface area contributed by atoms with E-state index in [4.69, 9.17) is 9.82 Å². The summed E-state index contributed by atoms with van der Waals surface area (Å²) in [6, 6.07) is 8.68. The summed E-state index contributed by atoms with van der Waals surface area (Å²) in [5, 5.41) is 1.95. The van der Waals surface area contributed by atoms with E-state index in [9.17, 15) is 0 Å². The van der Waals surface area contributed by atoms with E-state index >= 15 is 0 Å². The highest BCUT2D eigenvalue weighted by Crippen LogP contribution is 2.41. The summed E-state index contributed by atoms with van der Waals surface area (Å²) in [6.07, 6.45) is 0. The van der Waals surface area contributed by atoms with Crippen LogP contribution in [0.2, 0.25) is 0 Å². The van der Waals surface area contributed by atoms with Crippen molar-refractivity contribution in [2.45, 2.75) is 12.6 Å². The van der Waals surface area contributed by atoms with E-state index in [1.165, 1.54) is 5.52 Å². The van der Waals surface area contributed by atoms with Crippen LogP contribution in [0.3, 0.4) is 0 Å². The quantitative estimate of drug-likeness (QED) is 0.668. The third-order valence-electron chi connectivity index (χ3n) is 3.70. The molecule has 2 atom stereocenters. The first kappa shape index (κ1) is 8.73. The van der Waals surface area contributed by atoms with E-state index in [1.807, 2.05) is 18.2 Å². The van der Waals surface area contributed by atoms with Crippen LogP contribution in [0.1, 0.15) is 11.9 Å². The predicted molar refractivity (Wildman–Crippen MR) is 59.7 cm³/mol. The Morgan fingerprint density at radius 1 is 1.38 bits per heavy atom. The number of hydrogen-bond acceptors (Lipinski definition) is 3. The third kappa shape index (κ3) is 0.936. The Bertz CT molecular complexity index is 562. The molecule has 1 fully saturated rings. The van der Waals surface area contributed by atoms with Gasteiger partial charge in [0.25, 0.3) is 0 Å². The van der Waals surface area contributed by atoms with Crippen LogP contribution >= 0.6 is 0 Å². The topological polar surface area (TPSA) is 30.3 Å². The normalized spacial score (nSPS) is 28.6. The molecule has 2 aliphatic heterocycles. The van der Waals surface area contributed by atoms with Crippen molar-refractivity contribution >= 4 is 11.0 Å². The molecule has 0 radical (unpaired) electrons. The van der Waals surface area contributed by atoms with Crippen LogP contribution in [0, 0.1) is 5.92 Å². The molecule has 1 aromatic carbocycles. The maximum Gasteiger partial charge on any atom is 0.130 e. The van der Waals surface area contributed by atoms with Crippen molar-refractivity contribution in [2.75, 3.05) is 13.7 Å². The van der Waals surface area contributed by atoms with Gasteiger partial charge in [0.15, 0.2) is 0 Å². The Balaban J connectivity index is 1.96. The summed E-state index contributed by atoms with van der Waals surface area (Å²) in [5.41, 5.74) is 2.34. The Morgan fingerprint density at radius 2 is 2.25 bits per heavy atom. The fourth-order valence-electron chi connectivity index (χ4n) is 2.95. The van der Waals surface area contributed by atoms with Crippen LogP contribution in [-0.2, 0) is 11.4 Å². The number of nitrogens with zero attached hydrogens (tertiary/aromatic N) is 3. The molecule has 16 heavy (non-hydrogen) atoms. The lowest BCUT2D eigenvalue weighted by molar-refractivity contribution is -0.112. The van der Waals surface area contributed by atoms with Crippen molar-refractivity contribution in [1.82, 2.24) is 14.6 Å². The zero-order valence-corrected chi connectivity index (χ0v) is 9.13. The van der Waals surface area contributed by atoms with Crippen LogP contribution in [0.4, 0.5) is 0 Å². The van der Waals surface area contributed by atoms with Gasteiger partial charge in [0.2, 0.25) is 0 Å². The number of hydrogen-bond donors (Lipinski definition) is 0. The standard InChI is InChI=1S/C12H13N3O/c1-14-11-8(7-16-14)6-15-10-5-3-2-4-9(10)13-12(11)15/h2-5,8,11H,6-7H2,1H3. The van der Waals surface area contributed by atoms with Crippen molar-refractivity contribution in [2.24, 2.45) is 5.92 Å². The zero-order valence-electron chi connectivity index (χ0n) is 9.13. The van der Waals surface area contributed by atoms with Gasteiger partial charge in [-0.1, -0.05) is 12.1 Å². The van der Waals surface area contributed by atoms with Gasteiger partial charge in [-0.3, -0.25) is 4.84 Å². The average molecular weight is 215 g/mol. The Labute approximate surface area is 93.4 Å². The molecule has 4 nitrogen and oxygen atoms in total. The van der Waals surface area contributed by atoms with Gasteiger partial charge in [-0.15, -0.1) is 0 Å². The average Bonchev–Trinajstić information content (AvgIpc) is 2.90. The number of fused-ring (bicyclic) bond motifs is 5. The molecule has 2 unspecified atom stereocenters. The molecule has 2 aromatic rings. The zero-order chi connectivity index (χ0) is 10.7. The first-order chi connectivity index (χ1) is 7.84. The highest BCUT2D eigenvalue weighted by atomic mass is 16.7. The second-order valence-electron chi connectivity index (χ2n) is 4.62. The molecule has 1 aromatic heterocycles. The number of rotatable bonds is 0. The molecule has 1 saturated heterocycles. The van der Waals surface area contributed by atoms with Gasteiger partial charge >= 0.3 is 0 Å². The molecule has 3 heterocycles. The van der Waals surface area contributed by atoms with E-state index < -0.39 is 0 Å². The van der Waals surface area contributed by atoms with Gasteiger partial charge in [-0.2, -0.15) is 5.06 Å². The summed E-state index contributed by atoms with van der Waals surface area (Å²) in [7, 11) is 2.00. The maximum absolute atomic E-state index is 5.55. The molecule has 0 N–H and O–H groups in total. The predicted octanol–water partition coefficient (Wildman–Crippen LogP) is 1.58. The van der Waals surface area contributed by atoms with Crippen molar-refractivity contribution in [3.8, 4) is 0 Å². The largest absolute Gasteiger partial charge is 0.326 e. The number of aromatic nitrogens is 2. The first-order valence-electron chi connectivity index (χ1n) is 5.65. The first-order valence-corrected chi connectivity index (χ1v) is 5.65. The van der Waals surface area contributed by atoms with E-state index in [2.05, 4.69) is 22.8 Å². The molecule has 0 bridgehead atoms. The second kappa shape index (κ2) is 2.84. The summed E-state index contributed by atoms with van der Waals surface area (Å²) in [5.74, 6) is 1.73. The van der Waals surface area contributed by atoms with Crippen LogP contribution < -0.4 is 0 Å². The number of hydroxylamine groups is 2. The lowest BCUT2D eigenvalue weighted by atomic mass is 10.1. The minimum absolute atomic E-state index is 0.340. The lowest BCUT2D eigenvalue weighted by Crippen LogP contribution is -2.17. The number of para-hydroxylation sites is 2. The van der Waals surface area contributed by atoms with E-state index in [-0.39, 0.29) is 0 Å². The maximum atomic E-state index is 5.55. The summed E-state index contributed by atoms with van der Waals surface area (Å²) in [4.78, 5) is 10.3. The Kier molecular flexibility index (Phi) is 1.55. The SMILES string of the molecule is CN1OCC2Cn3c(nc4ccccc43)C21. The fourth-order valence-corrected chi connectivity index (χ4v) is 2.95. The van der Waals surface area contributed by atoms with Gasteiger partial charge in [0.1, 0.15) is 5.82 Å². The molecule has 0 aliphatic carbocycles. The van der Waals surface area contributed by atoms with Gasteiger partial charge in [0, 0.05) is 19.5 Å². The van der Waals surface area contributed by atoms with Gasteiger partial charge in [-0.05, 0) is 12.1 Å². The second-order valence-corrected chi connectivity index (χ2v) is 4.62. The Hall–Kier alpha value is -1.39. The number of benzene rings is 1. The van der Waals surface area contributed by atoms with E-state index in [0.717, 1.165) is 24.5 Å². The minimum atomic E-state index is 0.340. The van der Waals surface area contributed by atoms with Gasteiger partial charge in [-0.25, -0.2) is 4.98 Å². The van der Waals surface area contributed by atoms with Gasteiger partial charge < -0.3 is 4.57 Å². The molecule has 4 heteroatoms. The Morgan fingerprint density at radius 3 is 3.19 bits per heavy atom. The third-order valence-corrected chi connectivity index (χ3v) is 3.70. The molecule has 0 spiro atoms. The molecule has 2 aliphatic rings. The highest BCUT2D eigenvalue weighted by molar-refractivity contribution is 5.76. The molecule has 0 amide bonds. The van der Waals surface area contributed by atoms with Gasteiger partial charge in [0.05, 0.1) is 23.7 Å². The van der Waals surface area contributed by atoms with Crippen LogP contribution in [0.5, 0.6) is 0 Å². The molecular weight excluding hydrogens is 202 g/mol. The van der Waals surface area contributed by atoms with Crippen LogP contribution in [0.15, 0.2) is 24.3 Å². The van der Waals surface area contributed by atoms with Crippen LogP contribution in [-0.4, -0.2) is 28.3 Å². The molecule has 82 valence electrons. The molecular formula is C12H13N3O. The van der Waals surface area contributed by atoms with E-state index in [0.29, 0.717) is 12.0 Å². The van der Waals surface area contributed by atoms with Crippen LogP contribution in [0.25, 0.3) is 11.0 Å². The van der Waals surface area contributed by atoms with Crippen molar-refractivity contribution < 1.29 is 4.84 Å². The summed E-state index contributed by atoms with van der Waals surface area (Å²) in [6.45, 7) is 1.85. The number of imidazole rings is 1. The monoisotopic (exact) mass is 215 g/mol. The smallest absolute Gasteiger partial charge is 0.130 e. The van der Waals surface area contributed by atoms with Crippen molar-refractivity contribution in [3.05, 3.63) is 30.1 Å². The fraction of sp³-hybridized carbons (Fsp3) is 0.417. The highest BCUT2D eigenvalue weighted by Gasteiger charge is 2.43. The minimum Gasteiger partial charge on any atom is -0.326 e. The molecule has 4 rings (SSSR count). The summed E-state index contributed by atoms with van der Waals surface area (Å²) >= 11 is 0.